The minimum atomic E-state index is -4.42. The van der Waals surface area contributed by atoms with E-state index in [1.165, 1.54) is 13.8 Å². The Kier molecular flexibility index (Phi) is 4.75. The highest BCUT2D eigenvalue weighted by Crippen LogP contribution is 2.21. The minimum Gasteiger partial charge on any atom is -0.332 e. The van der Waals surface area contributed by atoms with Gasteiger partial charge in [0.15, 0.2) is 9.84 Å². The molecule has 0 aliphatic carbocycles. The molecule has 1 fully saturated rings. The number of rotatable bonds is 5. The Morgan fingerprint density at radius 1 is 1.35 bits per heavy atom. The Morgan fingerprint density at radius 2 is 1.90 bits per heavy atom. The molecule has 1 unspecified atom stereocenters. The molecule has 5 nitrogen and oxygen atoms in total. The molecule has 1 aliphatic heterocycles. The van der Waals surface area contributed by atoms with E-state index in [2.05, 4.69) is 5.32 Å². The van der Waals surface area contributed by atoms with E-state index in [1.807, 2.05) is 0 Å². The third kappa shape index (κ3) is 4.62. The van der Waals surface area contributed by atoms with Crippen LogP contribution in [0.2, 0.25) is 0 Å². The zero-order chi connectivity index (χ0) is 15.8. The summed E-state index contributed by atoms with van der Waals surface area (Å²) in [7, 11) is -3.29. The van der Waals surface area contributed by atoms with Gasteiger partial charge in [-0.1, -0.05) is 0 Å². The quantitative estimate of drug-likeness (QED) is 0.805. The van der Waals surface area contributed by atoms with Gasteiger partial charge in [0.25, 0.3) is 0 Å². The fourth-order valence-corrected chi connectivity index (χ4v) is 2.14. The first-order chi connectivity index (χ1) is 8.82. The number of hydrogen-bond acceptors (Lipinski definition) is 4. The molecule has 1 amide bonds. The minimum absolute atomic E-state index is 0.0457. The summed E-state index contributed by atoms with van der Waals surface area (Å²) in [6.45, 7) is 1.82. The van der Waals surface area contributed by atoms with Gasteiger partial charge in [0, 0.05) is 31.8 Å². The second kappa shape index (κ2) is 5.51. The molecule has 0 saturated carbocycles. The second-order valence-corrected chi connectivity index (χ2v) is 8.35. The molecule has 1 N–H and O–H groups in total. The summed E-state index contributed by atoms with van der Waals surface area (Å²) in [6.07, 6.45) is -3.36. The standard InChI is InChI=1S/C11H19F3N2O3S/c1-10(2,20(3,18)19)6-15-8-4-9(17)16(5-8)7-11(12,13)14/h8,15H,4-7H2,1-3H3. The van der Waals surface area contributed by atoms with Crippen molar-refractivity contribution in [3.05, 3.63) is 0 Å². The number of carbonyl (C=O) groups excluding carboxylic acids is 1. The lowest BCUT2D eigenvalue weighted by atomic mass is 10.2. The lowest BCUT2D eigenvalue weighted by Crippen LogP contribution is -2.46. The van der Waals surface area contributed by atoms with Crippen LogP contribution in [0.4, 0.5) is 13.2 Å². The van der Waals surface area contributed by atoms with E-state index in [1.54, 1.807) is 0 Å². The van der Waals surface area contributed by atoms with Gasteiger partial charge in [-0.2, -0.15) is 13.2 Å². The van der Waals surface area contributed by atoms with Crippen LogP contribution < -0.4 is 5.32 Å². The predicted octanol–water partition coefficient (Wildman–Crippen LogP) is 0.562. The molecule has 20 heavy (non-hydrogen) atoms. The summed E-state index contributed by atoms with van der Waals surface area (Å²) in [6, 6.07) is -0.453. The highest BCUT2D eigenvalue weighted by Gasteiger charge is 2.39. The van der Waals surface area contributed by atoms with Gasteiger partial charge in [0.2, 0.25) is 5.91 Å². The maximum Gasteiger partial charge on any atom is 0.406 e. The van der Waals surface area contributed by atoms with E-state index in [9.17, 15) is 26.4 Å². The first-order valence-corrected chi connectivity index (χ1v) is 7.98. The van der Waals surface area contributed by atoms with Crippen LogP contribution in [0.15, 0.2) is 0 Å². The van der Waals surface area contributed by atoms with Crippen molar-refractivity contribution in [2.45, 2.75) is 37.2 Å². The van der Waals surface area contributed by atoms with Gasteiger partial charge in [0.05, 0.1) is 4.75 Å². The highest BCUT2D eigenvalue weighted by molar-refractivity contribution is 7.92. The second-order valence-electron chi connectivity index (χ2n) is 5.70. The Hall–Kier alpha value is -0.830. The largest absolute Gasteiger partial charge is 0.406 e. The van der Waals surface area contributed by atoms with Crippen LogP contribution in [0.1, 0.15) is 20.3 Å². The van der Waals surface area contributed by atoms with Crippen LogP contribution in [0.3, 0.4) is 0 Å². The predicted molar refractivity (Wildman–Crippen MR) is 68.0 cm³/mol. The van der Waals surface area contributed by atoms with Crippen molar-refractivity contribution in [1.29, 1.82) is 0 Å². The SMILES string of the molecule is CC(C)(CNC1CC(=O)N(CC(F)(F)F)C1)S(C)(=O)=O. The highest BCUT2D eigenvalue weighted by atomic mass is 32.2. The van der Waals surface area contributed by atoms with Gasteiger partial charge in [-0.05, 0) is 13.8 Å². The number of hydrogen-bond donors (Lipinski definition) is 1. The molecule has 118 valence electrons. The summed E-state index contributed by atoms with van der Waals surface area (Å²) in [4.78, 5) is 12.2. The van der Waals surface area contributed by atoms with Crippen molar-refractivity contribution in [2.75, 3.05) is 25.9 Å². The Labute approximate surface area is 116 Å². The number of sulfone groups is 1. The fourth-order valence-electron chi connectivity index (χ4n) is 1.80. The van der Waals surface area contributed by atoms with Crippen molar-refractivity contribution >= 4 is 15.7 Å². The molecule has 0 bridgehead atoms. The molecule has 9 heteroatoms. The monoisotopic (exact) mass is 316 g/mol. The molecule has 1 heterocycles. The summed E-state index contributed by atoms with van der Waals surface area (Å²) in [5, 5.41) is 2.87. The Bertz CT molecular complexity index is 474. The summed E-state index contributed by atoms with van der Waals surface area (Å²) in [5.41, 5.74) is 0. The van der Waals surface area contributed by atoms with Crippen molar-refractivity contribution in [3.8, 4) is 0 Å². The summed E-state index contributed by atoms with van der Waals surface area (Å²) in [5.74, 6) is -0.572. The van der Waals surface area contributed by atoms with E-state index in [4.69, 9.17) is 0 Å². The van der Waals surface area contributed by atoms with Gasteiger partial charge in [-0.15, -0.1) is 0 Å². The Balaban J connectivity index is 2.55. The lowest BCUT2D eigenvalue weighted by Gasteiger charge is -2.25. The van der Waals surface area contributed by atoms with Gasteiger partial charge in [-0.25, -0.2) is 8.42 Å². The smallest absolute Gasteiger partial charge is 0.332 e. The molecule has 0 aromatic carbocycles. The van der Waals surface area contributed by atoms with Crippen LogP contribution in [0, 0.1) is 0 Å². The van der Waals surface area contributed by atoms with E-state index in [0.717, 1.165) is 11.2 Å². The number of likely N-dealkylation sites (tertiary alicyclic amines) is 1. The lowest BCUT2D eigenvalue weighted by molar-refractivity contribution is -0.157. The van der Waals surface area contributed by atoms with Gasteiger partial charge in [0.1, 0.15) is 6.54 Å². The van der Waals surface area contributed by atoms with E-state index in [-0.39, 0.29) is 19.5 Å². The van der Waals surface area contributed by atoms with Crippen molar-refractivity contribution in [1.82, 2.24) is 10.2 Å². The molecule has 0 aromatic rings. The third-order valence-corrected chi connectivity index (χ3v) is 5.56. The van der Waals surface area contributed by atoms with Crippen LogP contribution in [-0.2, 0) is 14.6 Å². The first kappa shape index (κ1) is 17.2. The van der Waals surface area contributed by atoms with Crippen molar-refractivity contribution in [2.24, 2.45) is 0 Å². The van der Waals surface area contributed by atoms with Gasteiger partial charge < -0.3 is 10.2 Å². The zero-order valence-electron chi connectivity index (χ0n) is 11.6. The van der Waals surface area contributed by atoms with Crippen molar-refractivity contribution < 1.29 is 26.4 Å². The van der Waals surface area contributed by atoms with Crippen molar-refractivity contribution in [3.63, 3.8) is 0 Å². The topological polar surface area (TPSA) is 66.5 Å². The van der Waals surface area contributed by atoms with Crippen LogP contribution in [-0.4, -0.2) is 62.1 Å². The van der Waals surface area contributed by atoms with E-state index >= 15 is 0 Å². The number of nitrogens with one attached hydrogen (secondary N) is 1. The third-order valence-electron chi connectivity index (χ3n) is 3.40. The summed E-state index contributed by atoms with van der Waals surface area (Å²) < 4.78 is 58.7. The molecule has 1 saturated heterocycles. The molecule has 1 rings (SSSR count). The first-order valence-electron chi connectivity index (χ1n) is 6.09. The van der Waals surface area contributed by atoms with Crippen LogP contribution >= 0.6 is 0 Å². The number of alkyl halides is 3. The zero-order valence-corrected chi connectivity index (χ0v) is 12.4. The molecule has 0 spiro atoms. The number of halogens is 3. The molecule has 0 radical (unpaired) electrons. The average Bonchev–Trinajstić information content (AvgIpc) is 2.53. The maximum atomic E-state index is 12.2. The molecule has 1 atom stereocenters. The van der Waals surface area contributed by atoms with Crippen LogP contribution in [0.5, 0.6) is 0 Å². The van der Waals surface area contributed by atoms with Gasteiger partial charge >= 0.3 is 6.18 Å². The Morgan fingerprint density at radius 3 is 2.35 bits per heavy atom. The molecule has 1 aliphatic rings. The molecule has 0 aromatic heterocycles. The molecular formula is C11H19F3N2O3S. The average molecular weight is 316 g/mol. The van der Waals surface area contributed by atoms with Crippen LogP contribution in [0.25, 0.3) is 0 Å². The number of amides is 1. The summed E-state index contributed by atoms with van der Waals surface area (Å²) >= 11 is 0. The van der Waals surface area contributed by atoms with Gasteiger partial charge in [-0.3, -0.25) is 4.79 Å². The maximum absolute atomic E-state index is 12.2. The van der Waals surface area contributed by atoms with E-state index < -0.39 is 39.3 Å². The number of nitrogens with zero attached hydrogens (tertiary/aromatic N) is 1. The van der Waals surface area contributed by atoms with E-state index in [0.29, 0.717) is 0 Å². The normalized spacial score (nSPS) is 21.6. The fraction of sp³-hybridized carbons (Fsp3) is 0.909. The number of carbonyl (C=O) groups is 1. The molecular weight excluding hydrogens is 297 g/mol.